The molecule has 0 aromatic heterocycles. The second kappa shape index (κ2) is 11.2. The third-order valence-corrected chi connectivity index (χ3v) is 5.80. The topological polar surface area (TPSA) is 114 Å². The molecule has 0 saturated heterocycles. The van der Waals surface area contributed by atoms with Gasteiger partial charge in [-0.05, 0) is 62.4 Å². The maximum absolute atomic E-state index is 13.2. The number of hydrogen-bond donors (Lipinski definition) is 2. The summed E-state index contributed by atoms with van der Waals surface area (Å²) >= 11 is 6.24. The number of nitrogens with one attached hydrogen (secondary N) is 2. The van der Waals surface area contributed by atoms with E-state index in [0.717, 1.165) is 4.90 Å². The van der Waals surface area contributed by atoms with Crippen LogP contribution in [0.4, 0.5) is 17.1 Å². The molecule has 1 aliphatic heterocycles. The minimum absolute atomic E-state index is 0.0761. The number of rotatable bonds is 8. The standard InChI is InChI=1S/C28H24ClN3O6/c1-16(2)38-22-13-5-4-12-21(22)31-25(33)17-8-6-10-19(14-17)30-24-23(29)26(34)32(27(24)35)20-11-7-9-18(15-20)28(36)37-3/h4-16,30H,1-3H3,(H,31,33). The van der Waals surface area contributed by atoms with E-state index in [1.165, 1.54) is 37.4 Å². The smallest absolute Gasteiger partial charge is 0.337 e. The van der Waals surface area contributed by atoms with Crippen LogP contribution in [-0.2, 0) is 14.3 Å². The summed E-state index contributed by atoms with van der Waals surface area (Å²) in [4.78, 5) is 51.7. The van der Waals surface area contributed by atoms with Crippen molar-refractivity contribution in [3.05, 3.63) is 94.7 Å². The second-order valence-corrected chi connectivity index (χ2v) is 8.88. The normalized spacial score (nSPS) is 13.1. The first-order valence-electron chi connectivity index (χ1n) is 11.6. The average molecular weight is 534 g/mol. The highest BCUT2D eigenvalue weighted by atomic mass is 35.5. The van der Waals surface area contributed by atoms with Gasteiger partial charge >= 0.3 is 5.97 Å². The minimum atomic E-state index is -0.753. The van der Waals surface area contributed by atoms with E-state index in [9.17, 15) is 19.2 Å². The molecule has 2 N–H and O–H groups in total. The zero-order valence-electron chi connectivity index (χ0n) is 20.8. The van der Waals surface area contributed by atoms with Crippen LogP contribution in [0.5, 0.6) is 5.75 Å². The molecular formula is C28H24ClN3O6. The van der Waals surface area contributed by atoms with E-state index in [4.69, 9.17) is 21.1 Å². The van der Waals surface area contributed by atoms with Crippen molar-refractivity contribution in [3.63, 3.8) is 0 Å². The van der Waals surface area contributed by atoms with Gasteiger partial charge in [-0.25, -0.2) is 9.69 Å². The number of methoxy groups -OCH3 is 1. The molecule has 1 heterocycles. The Labute approximate surface area is 224 Å². The number of nitrogens with zero attached hydrogens (tertiary/aromatic N) is 1. The van der Waals surface area contributed by atoms with Crippen molar-refractivity contribution in [1.29, 1.82) is 0 Å². The Bertz CT molecular complexity index is 1470. The van der Waals surface area contributed by atoms with E-state index >= 15 is 0 Å². The van der Waals surface area contributed by atoms with Crippen LogP contribution in [-0.4, -0.2) is 36.9 Å². The van der Waals surface area contributed by atoms with Gasteiger partial charge in [-0.15, -0.1) is 0 Å². The van der Waals surface area contributed by atoms with Crippen molar-refractivity contribution < 1.29 is 28.7 Å². The number of halogens is 1. The van der Waals surface area contributed by atoms with E-state index < -0.39 is 23.7 Å². The molecule has 3 aromatic rings. The van der Waals surface area contributed by atoms with Gasteiger partial charge in [0, 0.05) is 11.3 Å². The molecule has 0 saturated carbocycles. The quantitative estimate of drug-likeness (QED) is 0.311. The molecule has 3 amide bonds. The fourth-order valence-electron chi connectivity index (χ4n) is 3.74. The molecule has 4 rings (SSSR count). The molecule has 38 heavy (non-hydrogen) atoms. The first kappa shape index (κ1) is 26.4. The number of imide groups is 1. The van der Waals surface area contributed by atoms with Gasteiger partial charge in [-0.1, -0.05) is 35.9 Å². The van der Waals surface area contributed by atoms with Crippen molar-refractivity contribution in [1.82, 2.24) is 0 Å². The van der Waals surface area contributed by atoms with Crippen LogP contribution in [0.25, 0.3) is 0 Å². The highest BCUT2D eigenvalue weighted by Gasteiger charge is 2.39. The van der Waals surface area contributed by atoms with Crippen LogP contribution in [0, 0.1) is 0 Å². The highest BCUT2D eigenvalue weighted by Crippen LogP contribution is 2.31. The molecule has 9 nitrogen and oxygen atoms in total. The van der Waals surface area contributed by atoms with Gasteiger partial charge < -0.3 is 20.1 Å². The van der Waals surface area contributed by atoms with Crippen molar-refractivity contribution in [2.24, 2.45) is 0 Å². The molecule has 3 aromatic carbocycles. The summed E-state index contributed by atoms with van der Waals surface area (Å²) < 4.78 is 10.5. The van der Waals surface area contributed by atoms with Crippen molar-refractivity contribution >= 4 is 52.4 Å². The Kier molecular flexibility index (Phi) is 7.78. The van der Waals surface area contributed by atoms with E-state index in [1.54, 1.807) is 36.4 Å². The third kappa shape index (κ3) is 5.52. The lowest BCUT2D eigenvalue weighted by Gasteiger charge is -2.16. The number of para-hydroxylation sites is 2. The van der Waals surface area contributed by atoms with E-state index in [1.807, 2.05) is 19.9 Å². The van der Waals surface area contributed by atoms with Gasteiger partial charge in [-0.2, -0.15) is 0 Å². The summed E-state index contributed by atoms with van der Waals surface area (Å²) in [6.45, 7) is 3.78. The number of anilines is 3. The zero-order chi connectivity index (χ0) is 27.4. The minimum Gasteiger partial charge on any atom is -0.489 e. The molecular weight excluding hydrogens is 510 g/mol. The van der Waals surface area contributed by atoms with Crippen LogP contribution in [0.3, 0.4) is 0 Å². The molecule has 0 bridgehead atoms. The van der Waals surface area contributed by atoms with E-state index in [2.05, 4.69) is 10.6 Å². The van der Waals surface area contributed by atoms with E-state index in [0.29, 0.717) is 22.7 Å². The van der Waals surface area contributed by atoms with Crippen molar-refractivity contribution in [2.75, 3.05) is 22.6 Å². The summed E-state index contributed by atoms with van der Waals surface area (Å²) in [5.74, 6) is -1.94. The number of benzene rings is 3. The Balaban J connectivity index is 1.54. The first-order valence-corrected chi connectivity index (χ1v) is 12.0. The second-order valence-electron chi connectivity index (χ2n) is 8.50. The molecule has 0 fully saturated rings. The van der Waals surface area contributed by atoms with Crippen LogP contribution >= 0.6 is 11.6 Å². The summed E-state index contributed by atoms with van der Waals surface area (Å²) in [6.07, 6.45) is -0.0761. The predicted molar refractivity (Wildman–Crippen MR) is 143 cm³/mol. The summed E-state index contributed by atoms with van der Waals surface area (Å²) in [5, 5.41) is 5.36. The van der Waals surface area contributed by atoms with Gasteiger partial charge in [0.25, 0.3) is 17.7 Å². The zero-order valence-corrected chi connectivity index (χ0v) is 21.5. The molecule has 0 aliphatic carbocycles. The number of carbonyl (C=O) groups excluding carboxylic acids is 4. The van der Waals surface area contributed by atoms with Gasteiger partial charge in [0.05, 0.1) is 30.2 Å². The lowest BCUT2D eigenvalue weighted by atomic mass is 10.1. The van der Waals surface area contributed by atoms with Gasteiger partial charge in [0.1, 0.15) is 16.5 Å². The van der Waals surface area contributed by atoms with Crippen molar-refractivity contribution in [2.45, 2.75) is 20.0 Å². The fraction of sp³-hybridized carbons (Fsp3) is 0.143. The fourth-order valence-corrected chi connectivity index (χ4v) is 3.95. The lowest BCUT2D eigenvalue weighted by molar-refractivity contribution is -0.120. The predicted octanol–water partition coefficient (Wildman–Crippen LogP) is 4.95. The molecule has 1 aliphatic rings. The number of carbonyl (C=O) groups is 4. The molecule has 194 valence electrons. The Morgan fingerprint density at radius 1 is 0.895 bits per heavy atom. The van der Waals surface area contributed by atoms with Gasteiger partial charge in [0.15, 0.2) is 0 Å². The third-order valence-electron chi connectivity index (χ3n) is 5.44. The molecule has 0 radical (unpaired) electrons. The molecule has 10 heteroatoms. The highest BCUT2D eigenvalue weighted by molar-refractivity contribution is 6.53. The average Bonchev–Trinajstić information content (AvgIpc) is 3.12. The van der Waals surface area contributed by atoms with Crippen LogP contribution < -0.4 is 20.3 Å². The number of ether oxygens (including phenoxy) is 2. The number of hydrogen-bond acceptors (Lipinski definition) is 7. The first-order chi connectivity index (χ1) is 18.2. The number of amides is 3. The summed E-state index contributed by atoms with van der Waals surface area (Å²) in [7, 11) is 1.23. The van der Waals surface area contributed by atoms with Crippen LogP contribution in [0.2, 0.25) is 0 Å². The largest absolute Gasteiger partial charge is 0.489 e. The summed E-state index contributed by atoms with van der Waals surface area (Å²) in [5.41, 5.74) is 1.34. The number of esters is 1. The lowest BCUT2D eigenvalue weighted by Crippen LogP contribution is -2.32. The maximum atomic E-state index is 13.2. The maximum Gasteiger partial charge on any atom is 0.337 e. The summed E-state index contributed by atoms with van der Waals surface area (Å²) in [6, 6.07) is 19.4. The molecule has 0 atom stereocenters. The molecule has 0 spiro atoms. The van der Waals surface area contributed by atoms with Gasteiger partial charge in [0.2, 0.25) is 0 Å². The van der Waals surface area contributed by atoms with E-state index in [-0.39, 0.29) is 28.1 Å². The SMILES string of the molecule is COC(=O)c1cccc(N2C(=O)C(Cl)=C(Nc3cccc(C(=O)Nc4ccccc4OC(C)C)c3)C2=O)c1. The monoisotopic (exact) mass is 533 g/mol. The Hall–Kier alpha value is -4.63. The molecule has 0 unspecified atom stereocenters. The van der Waals surface area contributed by atoms with Crippen LogP contribution in [0.15, 0.2) is 83.5 Å². The van der Waals surface area contributed by atoms with Crippen LogP contribution in [0.1, 0.15) is 34.6 Å². The van der Waals surface area contributed by atoms with Gasteiger partial charge in [-0.3, -0.25) is 14.4 Å². The Morgan fingerprint density at radius 3 is 2.34 bits per heavy atom. The van der Waals surface area contributed by atoms with Crippen molar-refractivity contribution in [3.8, 4) is 5.75 Å². The Morgan fingerprint density at radius 2 is 1.61 bits per heavy atom.